The Labute approximate surface area is 48.1 Å². The Bertz CT molecular complexity index is 11.6. The molecule has 0 saturated carbocycles. The third-order valence-corrected chi connectivity index (χ3v) is 0. The summed E-state index contributed by atoms with van der Waals surface area (Å²) in [5.74, 6) is 0. The molecule has 0 bridgehead atoms. The molecule has 3 N–H and O–H groups in total. The average Bonchev–Trinajstić information content (AvgIpc) is 0.811. The number of rotatable bonds is 0. The quantitative estimate of drug-likeness (QED) is 0.343. The molecule has 0 rings (SSSR count). The normalized spacial score (nSPS) is 7.20. The molecule has 0 aliphatic heterocycles. The van der Waals surface area contributed by atoms with Crippen LogP contribution >= 0.6 is 8.60 Å². The Hall–Kier alpha value is 1.13. The molecule has 3 radical (unpaired) electrons. The summed E-state index contributed by atoms with van der Waals surface area (Å²) in [4.78, 5) is 21.7. The summed E-state index contributed by atoms with van der Waals surface area (Å²) in [6.07, 6.45) is 0. The van der Waals surface area contributed by atoms with Gasteiger partial charge in [-0.15, -0.1) is 0 Å². The summed E-state index contributed by atoms with van der Waals surface area (Å²) >= 11 is 0. The van der Waals surface area contributed by atoms with Crippen molar-refractivity contribution in [1.82, 2.24) is 0 Å². The van der Waals surface area contributed by atoms with E-state index in [1.165, 1.54) is 0 Å². The van der Waals surface area contributed by atoms with E-state index in [1.54, 1.807) is 0 Å². The van der Waals surface area contributed by atoms with Gasteiger partial charge in [-0.2, -0.15) is 0 Å². The molecule has 0 aliphatic rings. The van der Waals surface area contributed by atoms with Gasteiger partial charge in [0.15, 0.2) is 0 Å². The molecular formula is H3O3PSb. The summed E-state index contributed by atoms with van der Waals surface area (Å²) in [5, 5.41) is 0. The molecule has 5 heavy (non-hydrogen) atoms. The van der Waals surface area contributed by atoms with Crippen LogP contribution in [0.2, 0.25) is 0 Å². The summed E-state index contributed by atoms with van der Waals surface area (Å²) in [5.41, 5.74) is 0. The molecule has 0 amide bonds. The Morgan fingerprint density at radius 2 is 1.00 bits per heavy atom. The zero-order chi connectivity index (χ0) is 3.58. The molecule has 0 heterocycles. The zero-order valence-corrected chi connectivity index (χ0v) is 5.68. The molecule has 0 aliphatic carbocycles. The SMILES string of the molecule is OP(O)O.[Sb]. The molecule has 0 aromatic rings. The molecule has 5 heteroatoms. The van der Waals surface area contributed by atoms with Crippen LogP contribution in [0.5, 0.6) is 0 Å². The predicted octanol–water partition coefficient (Wildman–Crippen LogP) is -1.19. The minimum atomic E-state index is -2.62. The first kappa shape index (κ1) is 9.46. The summed E-state index contributed by atoms with van der Waals surface area (Å²) in [6, 6.07) is 0. The van der Waals surface area contributed by atoms with Gasteiger partial charge in [0, 0.05) is 24.4 Å². The first-order valence-corrected chi connectivity index (χ1v) is 1.80. The van der Waals surface area contributed by atoms with Gasteiger partial charge in [0.2, 0.25) is 0 Å². The van der Waals surface area contributed by atoms with Crippen molar-refractivity contribution in [3.8, 4) is 0 Å². The molecular weight excluding hydrogens is 201 g/mol. The van der Waals surface area contributed by atoms with Crippen molar-refractivity contribution in [2.75, 3.05) is 0 Å². The van der Waals surface area contributed by atoms with Gasteiger partial charge in [-0.05, 0) is 0 Å². The van der Waals surface area contributed by atoms with Crippen LogP contribution in [0.3, 0.4) is 0 Å². The van der Waals surface area contributed by atoms with Crippen molar-refractivity contribution in [1.29, 1.82) is 0 Å². The van der Waals surface area contributed by atoms with Crippen LogP contribution in [0.15, 0.2) is 0 Å². The topological polar surface area (TPSA) is 60.7 Å². The van der Waals surface area contributed by atoms with E-state index >= 15 is 0 Å². The minimum absolute atomic E-state index is 0. The van der Waals surface area contributed by atoms with Gasteiger partial charge in [0.05, 0.1) is 0 Å². The second-order valence-corrected chi connectivity index (χ2v) is 0.805. The van der Waals surface area contributed by atoms with Crippen LogP contribution in [-0.4, -0.2) is 39.1 Å². The minimum Gasteiger partial charge on any atom is -0.328 e. The fourth-order valence-corrected chi connectivity index (χ4v) is 0. The van der Waals surface area contributed by atoms with Crippen LogP contribution in [0.4, 0.5) is 0 Å². The zero-order valence-electron chi connectivity index (χ0n) is 2.24. The van der Waals surface area contributed by atoms with Gasteiger partial charge < -0.3 is 14.7 Å². The molecule has 0 unspecified atom stereocenters. The van der Waals surface area contributed by atoms with E-state index < -0.39 is 8.60 Å². The molecule has 3 nitrogen and oxygen atoms in total. The standard InChI is InChI=1S/H3O3P.Sb/c1-4(2)3;/h1-3H;. The van der Waals surface area contributed by atoms with Gasteiger partial charge >= 0.3 is 8.60 Å². The van der Waals surface area contributed by atoms with Crippen molar-refractivity contribution in [2.24, 2.45) is 0 Å². The third kappa shape index (κ3) is 39.4. The first-order chi connectivity index (χ1) is 1.73. The fraction of sp³-hybridized carbons (Fsp3) is 0. The first-order valence-electron chi connectivity index (χ1n) is 0.600. The smallest absolute Gasteiger partial charge is 0.324 e. The Kier molecular flexibility index (Phi) is 9.70. The Balaban J connectivity index is 0. The Morgan fingerprint density at radius 1 is 1.00 bits per heavy atom. The van der Waals surface area contributed by atoms with Crippen LogP contribution in [0.25, 0.3) is 0 Å². The third-order valence-electron chi connectivity index (χ3n) is 0. The molecule has 31 valence electrons. The van der Waals surface area contributed by atoms with Crippen LogP contribution in [0, 0.1) is 0 Å². The predicted molar refractivity (Wildman–Crippen MR) is 19.3 cm³/mol. The molecule has 0 aromatic heterocycles. The second-order valence-electron chi connectivity index (χ2n) is 0.268. The van der Waals surface area contributed by atoms with Crippen molar-refractivity contribution < 1.29 is 14.7 Å². The summed E-state index contributed by atoms with van der Waals surface area (Å²) < 4.78 is 0. The van der Waals surface area contributed by atoms with Gasteiger partial charge in [-0.3, -0.25) is 0 Å². The van der Waals surface area contributed by atoms with Crippen LogP contribution in [0.1, 0.15) is 0 Å². The summed E-state index contributed by atoms with van der Waals surface area (Å²) in [7, 11) is -2.62. The van der Waals surface area contributed by atoms with Crippen molar-refractivity contribution in [3.63, 3.8) is 0 Å². The van der Waals surface area contributed by atoms with Crippen molar-refractivity contribution in [2.45, 2.75) is 0 Å². The molecule has 0 saturated heterocycles. The van der Waals surface area contributed by atoms with Gasteiger partial charge in [-0.25, -0.2) is 0 Å². The van der Waals surface area contributed by atoms with E-state index in [0.717, 1.165) is 0 Å². The molecule has 0 atom stereocenters. The average molecular weight is 204 g/mol. The van der Waals surface area contributed by atoms with Gasteiger partial charge in [-0.1, -0.05) is 0 Å². The molecule has 0 aromatic carbocycles. The maximum Gasteiger partial charge on any atom is 0.324 e. The summed E-state index contributed by atoms with van der Waals surface area (Å²) in [6.45, 7) is 0. The van der Waals surface area contributed by atoms with Crippen molar-refractivity contribution >= 4 is 33.0 Å². The van der Waals surface area contributed by atoms with Gasteiger partial charge in [0.1, 0.15) is 0 Å². The number of hydrogen-bond acceptors (Lipinski definition) is 3. The largest absolute Gasteiger partial charge is 0.328 e. The maximum atomic E-state index is 7.23. The van der Waals surface area contributed by atoms with E-state index in [0.29, 0.717) is 0 Å². The second kappa shape index (κ2) is 5.13. The van der Waals surface area contributed by atoms with E-state index in [1.807, 2.05) is 0 Å². The van der Waals surface area contributed by atoms with Crippen LogP contribution < -0.4 is 0 Å². The molecule has 0 spiro atoms. The van der Waals surface area contributed by atoms with E-state index in [9.17, 15) is 0 Å². The number of hydrogen-bond donors (Lipinski definition) is 3. The van der Waals surface area contributed by atoms with E-state index in [4.69, 9.17) is 14.7 Å². The van der Waals surface area contributed by atoms with Crippen molar-refractivity contribution in [3.05, 3.63) is 0 Å². The van der Waals surface area contributed by atoms with E-state index in [-0.39, 0.29) is 24.4 Å². The Morgan fingerprint density at radius 3 is 1.00 bits per heavy atom. The molecule has 0 fully saturated rings. The van der Waals surface area contributed by atoms with E-state index in [2.05, 4.69) is 0 Å². The monoisotopic (exact) mass is 203 g/mol. The van der Waals surface area contributed by atoms with Crippen LogP contribution in [-0.2, 0) is 0 Å². The maximum absolute atomic E-state index is 7.23. The fourth-order valence-electron chi connectivity index (χ4n) is 0. The van der Waals surface area contributed by atoms with Gasteiger partial charge in [0.25, 0.3) is 0 Å².